The van der Waals surface area contributed by atoms with Crippen molar-refractivity contribution in [3.05, 3.63) is 0 Å². The maximum atomic E-state index is 9.02. The summed E-state index contributed by atoms with van der Waals surface area (Å²) in [5.41, 5.74) is 0. The van der Waals surface area contributed by atoms with Crippen LogP contribution >= 0.6 is 0 Å². The minimum Gasteiger partial charge on any atom is -0.391 e. The van der Waals surface area contributed by atoms with Crippen LogP contribution in [0.3, 0.4) is 0 Å². The van der Waals surface area contributed by atoms with Crippen LogP contribution in [0.15, 0.2) is 0 Å². The molecule has 3 nitrogen and oxygen atoms in total. The van der Waals surface area contributed by atoms with Crippen LogP contribution in [0.5, 0.6) is 0 Å². The van der Waals surface area contributed by atoms with Crippen molar-refractivity contribution >= 4 is 0 Å². The number of nitrogens with zero attached hydrogens (tertiary/aromatic N) is 1. The van der Waals surface area contributed by atoms with Gasteiger partial charge in [-0.25, -0.2) is 0 Å². The smallest absolute Gasteiger partial charge is 0.102 e. The molecule has 0 atom stereocenters. The van der Waals surface area contributed by atoms with Gasteiger partial charge in [-0.1, -0.05) is 103 Å². The van der Waals surface area contributed by atoms with Gasteiger partial charge in [0.1, 0.15) is 6.54 Å². The number of nitrogens with one attached hydrogen (secondary N) is 1. The number of hydrogen-bond donors (Lipinski definition) is 2. The van der Waals surface area contributed by atoms with Crippen LogP contribution in [0, 0.1) is 0 Å². The fraction of sp³-hybridized carbons (Fsp3) is 1.00. The first-order valence-corrected chi connectivity index (χ1v) is 12.3. The molecule has 164 valence electrons. The maximum absolute atomic E-state index is 9.02. The largest absolute Gasteiger partial charge is 0.391 e. The Morgan fingerprint density at radius 3 is 1.37 bits per heavy atom. The second kappa shape index (κ2) is 20.6. The third kappa shape index (κ3) is 22.0. The Morgan fingerprint density at radius 2 is 0.963 bits per heavy atom. The topological polar surface area (TPSA) is 32.3 Å². The minimum absolute atomic E-state index is 0.284. The van der Waals surface area contributed by atoms with Crippen LogP contribution < -0.4 is 5.32 Å². The quantitative estimate of drug-likeness (QED) is 0.179. The van der Waals surface area contributed by atoms with E-state index >= 15 is 0 Å². The van der Waals surface area contributed by atoms with Crippen LogP contribution in [-0.4, -0.2) is 56.5 Å². The van der Waals surface area contributed by atoms with E-state index in [1.54, 1.807) is 0 Å². The molecular formula is C24H53N2O+. The highest BCUT2D eigenvalue weighted by atomic mass is 16.3. The molecular weight excluding hydrogens is 332 g/mol. The average molecular weight is 386 g/mol. The van der Waals surface area contributed by atoms with Gasteiger partial charge in [0.25, 0.3) is 0 Å². The Hall–Kier alpha value is -0.120. The highest BCUT2D eigenvalue weighted by Gasteiger charge is 2.12. The van der Waals surface area contributed by atoms with E-state index in [9.17, 15) is 0 Å². The van der Waals surface area contributed by atoms with Crippen molar-refractivity contribution in [3.63, 3.8) is 0 Å². The van der Waals surface area contributed by atoms with Crippen LogP contribution in [0.4, 0.5) is 0 Å². The normalized spacial score (nSPS) is 12.0. The maximum Gasteiger partial charge on any atom is 0.102 e. The lowest BCUT2D eigenvalue weighted by Crippen LogP contribution is -2.46. The van der Waals surface area contributed by atoms with Crippen molar-refractivity contribution in [2.24, 2.45) is 0 Å². The molecule has 0 aliphatic rings. The van der Waals surface area contributed by atoms with Crippen molar-refractivity contribution in [3.8, 4) is 0 Å². The number of likely N-dealkylation sites (N-methyl/N-ethyl adjacent to an activating group) is 1. The molecule has 2 N–H and O–H groups in total. The van der Waals surface area contributed by atoms with Gasteiger partial charge in [-0.3, -0.25) is 0 Å². The molecule has 0 amide bonds. The molecule has 0 aliphatic heterocycles. The number of rotatable bonds is 22. The summed E-state index contributed by atoms with van der Waals surface area (Å²) in [4.78, 5) is 0. The Balaban J connectivity index is 3.09. The van der Waals surface area contributed by atoms with E-state index in [4.69, 9.17) is 5.11 Å². The predicted molar refractivity (Wildman–Crippen MR) is 121 cm³/mol. The fourth-order valence-corrected chi connectivity index (χ4v) is 3.69. The summed E-state index contributed by atoms with van der Waals surface area (Å²) in [6.45, 7) is 6.73. The van der Waals surface area contributed by atoms with Gasteiger partial charge in [-0.05, 0) is 13.0 Å². The Bertz CT molecular complexity index is 282. The average Bonchev–Trinajstić information content (AvgIpc) is 2.63. The molecule has 0 saturated carbocycles. The lowest BCUT2D eigenvalue weighted by Gasteiger charge is -2.29. The van der Waals surface area contributed by atoms with E-state index in [1.807, 2.05) is 0 Å². The molecule has 0 spiro atoms. The lowest BCUT2D eigenvalue weighted by atomic mass is 10.0. The molecule has 3 heteroatoms. The van der Waals surface area contributed by atoms with E-state index in [-0.39, 0.29) is 6.61 Å². The Labute approximate surface area is 171 Å². The second-order valence-electron chi connectivity index (χ2n) is 9.16. The first kappa shape index (κ1) is 26.9. The zero-order chi connectivity index (χ0) is 20.1. The molecule has 0 unspecified atom stereocenters. The monoisotopic (exact) mass is 385 g/mol. The Morgan fingerprint density at radius 1 is 0.556 bits per heavy atom. The SMILES string of the molecule is CCCCCCCCCCCCCCCCCCNCC[N+](C)(C)CCO. The van der Waals surface area contributed by atoms with E-state index in [0.717, 1.165) is 30.7 Å². The van der Waals surface area contributed by atoms with Gasteiger partial charge >= 0.3 is 0 Å². The van der Waals surface area contributed by atoms with Crippen molar-refractivity contribution in [1.82, 2.24) is 5.32 Å². The Kier molecular flexibility index (Phi) is 20.5. The van der Waals surface area contributed by atoms with Gasteiger partial charge in [0.15, 0.2) is 0 Å². The third-order valence-electron chi connectivity index (χ3n) is 5.81. The molecule has 0 aromatic heterocycles. The number of unbranched alkanes of at least 4 members (excludes halogenated alkanes) is 15. The molecule has 0 aromatic rings. The molecule has 0 bridgehead atoms. The van der Waals surface area contributed by atoms with Crippen molar-refractivity contribution in [2.75, 3.05) is 46.9 Å². The molecule has 0 radical (unpaired) electrons. The van der Waals surface area contributed by atoms with Crippen LogP contribution in [0.1, 0.15) is 110 Å². The molecule has 0 aromatic carbocycles. The highest BCUT2D eigenvalue weighted by Crippen LogP contribution is 2.13. The summed E-state index contributed by atoms with van der Waals surface area (Å²) in [5, 5.41) is 12.6. The fourth-order valence-electron chi connectivity index (χ4n) is 3.69. The van der Waals surface area contributed by atoms with E-state index in [0.29, 0.717) is 0 Å². The summed E-state index contributed by atoms with van der Waals surface area (Å²) in [6.07, 6.45) is 22.9. The number of quaternary nitrogens is 1. The zero-order valence-electron chi connectivity index (χ0n) is 19.2. The van der Waals surface area contributed by atoms with Crippen LogP contribution in [0.25, 0.3) is 0 Å². The van der Waals surface area contributed by atoms with Gasteiger partial charge in [0.05, 0.1) is 27.2 Å². The molecule has 27 heavy (non-hydrogen) atoms. The van der Waals surface area contributed by atoms with Crippen molar-refractivity contribution in [1.29, 1.82) is 0 Å². The second-order valence-corrected chi connectivity index (χ2v) is 9.16. The molecule has 0 rings (SSSR count). The van der Waals surface area contributed by atoms with Gasteiger partial charge in [-0.2, -0.15) is 0 Å². The first-order valence-electron chi connectivity index (χ1n) is 12.3. The summed E-state index contributed by atoms with van der Waals surface area (Å²) in [7, 11) is 4.37. The van der Waals surface area contributed by atoms with Crippen molar-refractivity contribution < 1.29 is 9.59 Å². The summed E-state index contributed by atoms with van der Waals surface area (Å²) >= 11 is 0. The molecule has 0 heterocycles. The highest BCUT2D eigenvalue weighted by molar-refractivity contribution is 4.52. The van der Waals surface area contributed by atoms with Crippen molar-refractivity contribution in [2.45, 2.75) is 110 Å². The van der Waals surface area contributed by atoms with E-state index in [1.165, 1.54) is 103 Å². The predicted octanol–water partition coefficient (Wildman–Crippen LogP) is 5.91. The third-order valence-corrected chi connectivity index (χ3v) is 5.81. The lowest BCUT2D eigenvalue weighted by molar-refractivity contribution is -0.889. The zero-order valence-corrected chi connectivity index (χ0v) is 19.2. The summed E-state index contributed by atoms with van der Waals surface area (Å²) in [5.74, 6) is 0. The summed E-state index contributed by atoms with van der Waals surface area (Å²) in [6, 6.07) is 0. The van der Waals surface area contributed by atoms with Gasteiger partial charge in [-0.15, -0.1) is 0 Å². The van der Waals surface area contributed by atoms with E-state index < -0.39 is 0 Å². The number of aliphatic hydroxyl groups excluding tert-OH is 1. The number of aliphatic hydroxyl groups is 1. The van der Waals surface area contributed by atoms with Gasteiger partial charge < -0.3 is 14.9 Å². The molecule has 0 fully saturated rings. The molecule has 0 saturated heterocycles. The standard InChI is InChI=1S/C24H53N2O/c1-4-5-6-7-8-9-10-11-12-13-14-15-16-17-18-19-20-25-21-22-26(2,3)23-24-27/h25,27H,4-24H2,1-3H3/q+1. The van der Waals surface area contributed by atoms with Crippen LogP contribution in [-0.2, 0) is 0 Å². The summed E-state index contributed by atoms with van der Waals surface area (Å²) < 4.78 is 0.905. The van der Waals surface area contributed by atoms with Gasteiger partial charge in [0.2, 0.25) is 0 Å². The van der Waals surface area contributed by atoms with Crippen LogP contribution in [0.2, 0.25) is 0 Å². The number of hydrogen-bond acceptors (Lipinski definition) is 2. The first-order chi connectivity index (χ1) is 13.1. The minimum atomic E-state index is 0.284. The van der Waals surface area contributed by atoms with Gasteiger partial charge in [0, 0.05) is 6.54 Å². The van der Waals surface area contributed by atoms with E-state index in [2.05, 4.69) is 26.3 Å². The molecule has 0 aliphatic carbocycles.